The topological polar surface area (TPSA) is 99.7 Å². The van der Waals surface area contributed by atoms with Crippen LogP contribution in [0.1, 0.15) is 22.6 Å². The summed E-state index contributed by atoms with van der Waals surface area (Å²) in [4.78, 5) is 18.6. The van der Waals surface area contributed by atoms with Gasteiger partial charge in [0, 0.05) is 32.8 Å². The predicted octanol–water partition coefficient (Wildman–Crippen LogP) is 0.341. The van der Waals surface area contributed by atoms with Crippen molar-refractivity contribution in [1.29, 1.82) is 0 Å². The minimum Gasteiger partial charge on any atom is -0.372 e. The van der Waals surface area contributed by atoms with Gasteiger partial charge in [0.1, 0.15) is 5.82 Å². The number of nitrogens with one attached hydrogen (secondary N) is 2. The first-order valence-electron chi connectivity index (χ1n) is 6.92. The van der Waals surface area contributed by atoms with Crippen LogP contribution in [0.5, 0.6) is 0 Å². The Morgan fingerprint density at radius 3 is 3.24 bits per heavy atom. The Morgan fingerprint density at radius 1 is 1.57 bits per heavy atom. The smallest absolute Gasteiger partial charge is 0.257 e. The minimum atomic E-state index is 0.0167. The Labute approximate surface area is 122 Å². The first-order chi connectivity index (χ1) is 10.3. The third-order valence-electron chi connectivity index (χ3n) is 3.71. The van der Waals surface area contributed by atoms with E-state index in [0.717, 1.165) is 19.4 Å². The summed E-state index contributed by atoms with van der Waals surface area (Å²) in [6.45, 7) is 1.46. The second kappa shape index (κ2) is 5.86. The zero-order valence-corrected chi connectivity index (χ0v) is 11.8. The minimum absolute atomic E-state index is 0.0167. The normalized spacial score (nSPS) is 18.0. The van der Waals surface area contributed by atoms with E-state index in [1.165, 1.54) is 0 Å². The predicted molar refractivity (Wildman–Crippen MR) is 75.7 cm³/mol. The molecule has 1 aliphatic heterocycles. The number of carbonyl (C=O) groups is 1. The van der Waals surface area contributed by atoms with Gasteiger partial charge in [-0.15, -0.1) is 10.2 Å². The maximum absolute atomic E-state index is 12.6. The van der Waals surface area contributed by atoms with Gasteiger partial charge in [-0.3, -0.25) is 4.79 Å². The number of carbonyl (C=O) groups excluding carboxylic acids is 1. The highest BCUT2D eigenvalue weighted by molar-refractivity contribution is 5.98. The van der Waals surface area contributed by atoms with Gasteiger partial charge in [-0.1, -0.05) is 5.21 Å². The lowest BCUT2D eigenvalue weighted by Gasteiger charge is -2.17. The molecule has 8 heteroatoms. The fourth-order valence-electron chi connectivity index (χ4n) is 2.66. The lowest BCUT2D eigenvalue weighted by Crippen LogP contribution is -2.29. The number of amides is 1. The Hall–Kier alpha value is -2.51. The molecule has 0 bridgehead atoms. The summed E-state index contributed by atoms with van der Waals surface area (Å²) in [6.07, 6.45) is 3.37. The molecular formula is C13H17N7O. The van der Waals surface area contributed by atoms with Crippen LogP contribution in [-0.2, 0) is 6.42 Å². The molecule has 0 radical (unpaired) electrons. The Morgan fingerprint density at radius 2 is 2.48 bits per heavy atom. The molecule has 2 aromatic heterocycles. The van der Waals surface area contributed by atoms with Crippen molar-refractivity contribution < 1.29 is 4.79 Å². The fourth-order valence-corrected chi connectivity index (χ4v) is 2.66. The molecule has 0 spiro atoms. The van der Waals surface area contributed by atoms with Crippen molar-refractivity contribution >= 4 is 11.7 Å². The van der Waals surface area contributed by atoms with Gasteiger partial charge in [-0.05, 0) is 24.5 Å². The number of tetrazole rings is 1. The van der Waals surface area contributed by atoms with Crippen LogP contribution >= 0.6 is 0 Å². The SMILES string of the molecule is CNc1ncccc1C(=O)N1CCC(Cc2nn[nH]n2)C1. The van der Waals surface area contributed by atoms with Crippen LogP contribution in [0.3, 0.4) is 0 Å². The van der Waals surface area contributed by atoms with Gasteiger partial charge in [-0.2, -0.15) is 5.21 Å². The molecule has 1 amide bonds. The monoisotopic (exact) mass is 287 g/mol. The van der Waals surface area contributed by atoms with Crippen LogP contribution in [0.4, 0.5) is 5.82 Å². The van der Waals surface area contributed by atoms with E-state index in [4.69, 9.17) is 0 Å². The first kappa shape index (κ1) is 13.5. The number of likely N-dealkylation sites (tertiary alicyclic amines) is 1. The number of hydrogen-bond donors (Lipinski definition) is 2. The number of aromatic amines is 1. The van der Waals surface area contributed by atoms with E-state index in [9.17, 15) is 4.79 Å². The quantitative estimate of drug-likeness (QED) is 0.841. The Kier molecular flexibility index (Phi) is 3.76. The van der Waals surface area contributed by atoms with E-state index in [1.54, 1.807) is 25.4 Å². The van der Waals surface area contributed by atoms with Gasteiger partial charge in [0.05, 0.1) is 5.56 Å². The number of nitrogens with zero attached hydrogens (tertiary/aromatic N) is 5. The summed E-state index contributed by atoms with van der Waals surface area (Å²) < 4.78 is 0. The maximum atomic E-state index is 12.6. The highest BCUT2D eigenvalue weighted by Gasteiger charge is 2.29. The van der Waals surface area contributed by atoms with E-state index >= 15 is 0 Å². The molecule has 1 saturated heterocycles. The summed E-state index contributed by atoms with van der Waals surface area (Å²) in [7, 11) is 1.77. The van der Waals surface area contributed by atoms with Gasteiger partial charge >= 0.3 is 0 Å². The number of rotatable bonds is 4. The molecule has 1 unspecified atom stereocenters. The van der Waals surface area contributed by atoms with E-state index < -0.39 is 0 Å². The molecule has 1 aliphatic rings. The van der Waals surface area contributed by atoms with Gasteiger partial charge < -0.3 is 10.2 Å². The third-order valence-corrected chi connectivity index (χ3v) is 3.71. The summed E-state index contributed by atoms with van der Waals surface area (Å²) >= 11 is 0. The zero-order valence-electron chi connectivity index (χ0n) is 11.8. The summed E-state index contributed by atoms with van der Waals surface area (Å²) in [5.74, 6) is 1.71. The molecular weight excluding hydrogens is 270 g/mol. The maximum Gasteiger partial charge on any atom is 0.257 e. The molecule has 3 heterocycles. The number of aromatic nitrogens is 5. The van der Waals surface area contributed by atoms with Crippen molar-refractivity contribution in [2.45, 2.75) is 12.8 Å². The van der Waals surface area contributed by atoms with Crippen LogP contribution in [0.2, 0.25) is 0 Å². The van der Waals surface area contributed by atoms with Crippen molar-refractivity contribution in [2.75, 3.05) is 25.5 Å². The molecule has 0 aromatic carbocycles. The van der Waals surface area contributed by atoms with Gasteiger partial charge in [0.15, 0.2) is 5.82 Å². The molecule has 0 aliphatic carbocycles. The van der Waals surface area contributed by atoms with Gasteiger partial charge in [0.2, 0.25) is 0 Å². The summed E-state index contributed by atoms with van der Waals surface area (Å²) in [5, 5.41) is 16.9. The lowest BCUT2D eigenvalue weighted by molar-refractivity contribution is 0.0787. The molecule has 2 aromatic rings. The van der Waals surface area contributed by atoms with E-state index in [2.05, 4.69) is 30.9 Å². The van der Waals surface area contributed by atoms with E-state index in [-0.39, 0.29) is 5.91 Å². The second-order valence-electron chi connectivity index (χ2n) is 5.09. The fraction of sp³-hybridized carbons (Fsp3) is 0.462. The van der Waals surface area contributed by atoms with Crippen molar-refractivity contribution in [3.8, 4) is 0 Å². The van der Waals surface area contributed by atoms with Crippen molar-refractivity contribution in [3.63, 3.8) is 0 Å². The second-order valence-corrected chi connectivity index (χ2v) is 5.09. The highest BCUT2D eigenvalue weighted by atomic mass is 16.2. The van der Waals surface area contributed by atoms with Crippen LogP contribution in [-0.4, -0.2) is 56.6 Å². The average molecular weight is 287 g/mol. The Balaban J connectivity index is 1.66. The van der Waals surface area contributed by atoms with Crippen LogP contribution in [0, 0.1) is 5.92 Å². The lowest BCUT2D eigenvalue weighted by atomic mass is 10.1. The highest BCUT2D eigenvalue weighted by Crippen LogP contribution is 2.23. The third kappa shape index (κ3) is 2.83. The number of H-pyrrole nitrogens is 1. The van der Waals surface area contributed by atoms with Crippen molar-refractivity contribution in [2.24, 2.45) is 5.92 Å². The van der Waals surface area contributed by atoms with Crippen molar-refractivity contribution in [1.82, 2.24) is 30.5 Å². The summed E-state index contributed by atoms with van der Waals surface area (Å²) in [5.41, 5.74) is 0.611. The molecule has 1 atom stereocenters. The standard InChI is InChI=1S/C13H17N7O/c1-14-12-10(3-2-5-15-12)13(21)20-6-4-9(8-20)7-11-16-18-19-17-11/h2-3,5,9H,4,6-8H2,1H3,(H,14,15)(H,16,17,18,19). The van der Waals surface area contributed by atoms with Gasteiger partial charge in [0.25, 0.3) is 5.91 Å². The molecule has 21 heavy (non-hydrogen) atoms. The zero-order chi connectivity index (χ0) is 14.7. The van der Waals surface area contributed by atoms with Crippen LogP contribution in [0.25, 0.3) is 0 Å². The number of pyridine rings is 1. The largest absolute Gasteiger partial charge is 0.372 e. The first-order valence-corrected chi connectivity index (χ1v) is 6.92. The Bertz CT molecular complexity index is 613. The van der Waals surface area contributed by atoms with Crippen LogP contribution < -0.4 is 5.32 Å². The molecule has 3 rings (SSSR count). The van der Waals surface area contributed by atoms with E-state index in [0.29, 0.717) is 29.7 Å². The molecule has 8 nitrogen and oxygen atoms in total. The average Bonchev–Trinajstić information content (AvgIpc) is 3.19. The number of hydrogen-bond acceptors (Lipinski definition) is 6. The molecule has 110 valence electrons. The number of anilines is 1. The molecule has 0 saturated carbocycles. The molecule has 2 N–H and O–H groups in total. The molecule has 1 fully saturated rings. The van der Waals surface area contributed by atoms with Crippen LogP contribution in [0.15, 0.2) is 18.3 Å². The van der Waals surface area contributed by atoms with Gasteiger partial charge in [-0.25, -0.2) is 4.98 Å². The van der Waals surface area contributed by atoms with E-state index in [1.807, 2.05) is 4.90 Å². The summed E-state index contributed by atoms with van der Waals surface area (Å²) in [6, 6.07) is 3.58. The van der Waals surface area contributed by atoms with Crippen molar-refractivity contribution in [3.05, 3.63) is 29.7 Å².